The van der Waals surface area contributed by atoms with Gasteiger partial charge in [-0.2, -0.15) is 0 Å². The number of aromatic amines is 1. The van der Waals surface area contributed by atoms with Crippen molar-refractivity contribution in [2.24, 2.45) is 0 Å². The fraction of sp³-hybridized carbons (Fsp3) is 0.304. The second-order valence-electron chi connectivity index (χ2n) is 8.01. The average molecular weight is 453 g/mol. The third-order valence-corrected chi connectivity index (χ3v) is 7.58. The van der Waals surface area contributed by atoms with Crippen LogP contribution in [0.3, 0.4) is 0 Å². The largest absolute Gasteiger partial charge is 0.370 e. The van der Waals surface area contributed by atoms with E-state index in [0.717, 1.165) is 41.9 Å². The van der Waals surface area contributed by atoms with Gasteiger partial charge in [0.2, 0.25) is 15.9 Å². The smallest absolute Gasteiger partial charge is 0.248 e. The maximum Gasteiger partial charge on any atom is 0.248 e. The van der Waals surface area contributed by atoms with E-state index in [1.54, 1.807) is 30.3 Å². The van der Waals surface area contributed by atoms with E-state index in [-0.39, 0.29) is 17.8 Å². The van der Waals surface area contributed by atoms with E-state index in [1.807, 2.05) is 18.2 Å². The Hall–Kier alpha value is -3.17. The van der Waals surface area contributed by atoms with Crippen LogP contribution in [0, 0.1) is 0 Å². The molecule has 3 aromatic rings. The molecule has 1 unspecified atom stereocenters. The van der Waals surface area contributed by atoms with Gasteiger partial charge in [-0.25, -0.2) is 13.4 Å². The number of sulfonamides is 1. The molecule has 2 saturated heterocycles. The first-order chi connectivity index (χ1) is 15.5. The van der Waals surface area contributed by atoms with Crippen molar-refractivity contribution in [1.82, 2.24) is 9.97 Å². The molecule has 0 radical (unpaired) electrons. The van der Waals surface area contributed by atoms with Gasteiger partial charge < -0.3 is 15.0 Å². The number of hydrogen-bond donors (Lipinski definition) is 2. The Bertz CT molecular complexity index is 1280. The average Bonchev–Trinajstić information content (AvgIpc) is 3.51. The molecule has 9 heteroatoms. The summed E-state index contributed by atoms with van der Waals surface area (Å²) in [5, 5.41) is 2.86. The Morgan fingerprint density at radius 1 is 1.19 bits per heavy atom. The first-order valence-corrected chi connectivity index (χ1v) is 12.3. The van der Waals surface area contributed by atoms with Crippen LogP contribution in [0.2, 0.25) is 0 Å². The zero-order valence-electron chi connectivity index (χ0n) is 17.5. The van der Waals surface area contributed by atoms with Crippen LogP contribution in [0.1, 0.15) is 36.8 Å². The molecular weight excluding hydrogens is 428 g/mol. The maximum absolute atomic E-state index is 12.4. The number of fused-ring (bicyclic) bond motifs is 1. The number of anilines is 2. The third kappa shape index (κ3) is 4.26. The number of rotatable bonds is 5. The zero-order chi connectivity index (χ0) is 22.1. The summed E-state index contributed by atoms with van der Waals surface area (Å²) < 4.78 is 31.2. The second kappa shape index (κ2) is 8.40. The standard InChI is InChI=1S/C23H24N4O4S/c28-22(11-6-16-4-8-18(9-5-16)27-12-2-14-32(27,29)30)24-17-7-10-19-20(15-17)26-23(25-19)21-3-1-13-31-21/h4-11,15,21H,1-3,12-14H2,(H,24,28)(H,25,26)/b11-6+. The van der Waals surface area contributed by atoms with Crippen LogP contribution in [-0.4, -0.2) is 43.2 Å². The lowest BCUT2D eigenvalue weighted by Crippen LogP contribution is -2.24. The van der Waals surface area contributed by atoms with Gasteiger partial charge in [0.05, 0.1) is 22.5 Å². The summed E-state index contributed by atoms with van der Waals surface area (Å²) in [5.74, 6) is 0.759. The van der Waals surface area contributed by atoms with Crippen LogP contribution in [0.25, 0.3) is 17.1 Å². The summed E-state index contributed by atoms with van der Waals surface area (Å²) in [6.07, 6.45) is 5.81. The number of imidazole rings is 1. The molecule has 5 rings (SSSR count). The molecule has 2 aliphatic rings. The van der Waals surface area contributed by atoms with Crippen LogP contribution in [0.5, 0.6) is 0 Å². The monoisotopic (exact) mass is 452 g/mol. The SMILES string of the molecule is O=C(/C=C/c1ccc(N2CCCS2(=O)=O)cc1)Nc1ccc2nc(C3CCCO3)[nH]c2c1. The molecule has 3 heterocycles. The van der Waals surface area contributed by atoms with Crippen molar-refractivity contribution < 1.29 is 17.9 Å². The fourth-order valence-corrected chi connectivity index (χ4v) is 5.65. The lowest BCUT2D eigenvalue weighted by Gasteiger charge is -2.16. The van der Waals surface area contributed by atoms with Gasteiger partial charge in [-0.05, 0) is 61.2 Å². The zero-order valence-corrected chi connectivity index (χ0v) is 18.3. The summed E-state index contributed by atoms with van der Waals surface area (Å²) in [7, 11) is -3.20. The van der Waals surface area contributed by atoms with Gasteiger partial charge >= 0.3 is 0 Å². The van der Waals surface area contributed by atoms with Crippen molar-refractivity contribution in [2.45, 2.75) is 25.4 Å². The third-order valence-electron chi connectivity index (χ3n) is 5.71. The van der Waals surface area contributed by atoms with Crippen molar-refractivity contribution >= 4 is 44.4 Å². The number of aromatic nitrogens is 2. The summed E-state index contributed by atoms with van der Waals surface area (Å²) in [6, 6.07) is 12.7. The Kier molecular flexibility index (Phi) is 5.44. The molecule has 32 heavy (non-hydrogen) atoms. The van der Waals surface area contributed by atoms with Gasteiger partial charge in [-0.1, -0.05) is 12.1 Å². The lowest BCUT2D eigenvalue weighted by atomic mass is 10.2. The Morgan fingerprint density at radius 2 is 2.03 bits per heavy atom. The maximum atomic E-state index is 12.4. The molecule has 1 atom stereocenters. The number of H-pyrrole nitrogens is 1. The lowest BCUT2D eigenvalue weighted by molar-refractivity contribution is -0.111. The van der Waals surface area contributed by atoms with E-state index < -0.39 is 10.0 Å². The summed E-state index contributed by atoms with van der Waals surface area (Å²) in [5.41, 5.74) is 3.82. The number of benzene rings is 2. The Balaban J connectivity index is 1.23. The van der Waals surface area contributed by atoms with E-state index in [2.05, 4.69) is 15.3 Å². The van der Waals surface area contributed by atoms with Crippen molar-refractivity contribution in [3.63, 3.8) is 0 Å². The molecule has 8 nitrogen and oxygen atoms in total. The minimum atomic E-state index is -3.20. The predicted octanol–water partition coefficient (Wildman–Crippen LogP) is 3.61. The van der Waals surface area contributed by atoms with Crippen LogP contribution in [0.4, 0.5) is 11.4 Å². The number of nitrogens with zero attached hydrogens (tertiary/aromatic N) is 2. The number of carbonyl (C=O) groups excluding carboxylic acids is 1. The highest BCUT2D eigenvalue weighted by Gasteiger charge is 2.28. The molecular formula is C23H24N4O4S. The van der Waals surface area contributed by atoms with Crippen molar-refractivity contribution in [3.05, 3.63) is 59.9 Å². The Morgan fingerprint density at radius 3 is 2.75 bits per heavy atom. The Labute approximate surface area is 186 Å². The molecule has 0 aliphatic carbocycles. The highest BCUT2D eigenvalue weighted by Crippen LogP contribution is 2.29. The van der Waals surface area contributed by atoms with Crippen molar-refractivity contribution in [1.29, 1.82) is 0 Å². The minimum Gasteiger partial charge on any atom is -0.370 e. The van der Waals surface area contributed by atoms with E-state index in [9.17, 15) is 13.2 Å². The molecule has 166 valence electrons. The first kappa shape index (κ1) is 20.7. The van der Waals surface area contributed by atoms with E-state index in [4.69, 9.17) is 4.74 Å². The van der Waals surface area contributed by atoms with Gasteiger partial charge in [0.25, 0.3) is 0 Å². The molecule has 0 spiro atoms. The van der Waals surface area contributed by atoms with Gasteiger partial charge in [-0.3, -0.25) is 9.10 Å². The molecule has 2 N–H and O–H groups in total. The predicted molar refractivity (Wildman–Crippen MR) is 124 cm³/mol. The van der Waals surface area contributed by atoms with Gasteiger partial charge in [-0.15, -0.1) is 0 Å². The van der Waals surface area contributed by atoms with E-state index >= 15 is 0 Å². The van der Waals surface area contributed by atoms with Gasteiger partial charge in [0.1, 0.15) is 11.9 Å². The summed E-state index contributed by atoms with van der Waals surface area (Å²) in [6.45, 7) is 1.27. The number of ether oxygens (including phenoxy) is 1. The second-order valence-corrected chi connectivity index (χ2v) is 10.0. The molecule has 2 fully saturated rings. The van der Waals surface area contributed by atoms with Crippen LogP contribution in [0.15, 0.2) is 48.5 Å². The van der Waals surface area contributed by atoms with Crippen LogP contribution < -0.4 is 9.62 Å². The van der Waals surface area contributed by atoms with E-state index in [1.165, 1.54) is 10.4 Å². The summed E-state index contributed by atoms with van der Waals surface area (Å²) in [4.78, 5) is 20.2. The highest BCUT2D eigenvalue weighted by molar-refractivity contribution is 7.93. The topological polar surface area (TPSA) is 104 Å². The van der Waals surface area contributed by atoms with Gasteiger partial charge in [0, 0.05) is 24.9 Å². The molecule has 0 bridgehead atoms. The van der Waals surface area contributed by atoms with E-state index in [0.29, 0.717) is 24.3 Å². The molecule has 2 aliphatic heterocycles. The summed E-state index contributed by atoms with van der Waals surface area (Å²) >= 11 is 0. The number of amides is 1. The van der Waals surface area contributed by atoms with Crippen LogP contribution in [-0.2, 0) is 19.6 Å². The molecule has 2 aromatic carbocycles. The van der Waals surface area contributed by atoms with Gasteiger partial charge in [0.15, 0.2) is 0 Å². The quantitative estimate of drug-likeness (QED) is 0.576. The first-order valence-electron chi connectivity index (χ1n) is 10.7. The minimum absolute atomic E-state index is 0.0142. The number of carbonyl (C=O) groups is 1. The fourth-order valence-electron chi connectivity index (χ4n) is 4.09. The molecule has 1 aromatic heterocycles. The van der Waals surface area contributed by atoms with Crippen molar-refractivity contribution in [3.8, 4) is 0 Å². The molecule has 1 amide bonds. The van der Waals surface area contributed by atoms with Crippen LogP contribution >= 0.6 is 0 Å². The highest BCUT2D eigenvalue weighted by atomic mass is 32.2. The number of hydrogen-bond acceptors (Lipinski definition) is 5. The van der Waals surface area contributed by atoms with Crippen molar-refractivity contribution in [2.75, 3.05) is 28.5 Å². The normalized spacial score (nSPS) is 20.4. The molecule has 0 saturated carbocycles. The number of nitrogens with one attached hydrogen (secondary N) is 2.